The fourth-order valence-electron chi connectivity index (χ4n) is 1.59. The summed E-state index contributed by atoms with van der Waals surface area (Å²) in [6.07, 6.45) is 1.05. The van der Waals surface area contributed by atoms with Gasteiger partial charge < -0.3 is 0 Å². The van der Waals surface area contributed by atoms with Crippen molar-refractivity contribution in [3.05, 3.63) is 35.4 Å². The van der Waals surface area contributed by atoms with Crippen molar-refractivity contribution in [1.82, 2.24) is 0 Å². The minimum atomic E-state index is -1.01. The summed E-state index contributed by atoms with van der Waals surface area (Å²) in [4.78, 5) is 11.4. The van der Waals surface area contributed by atoms with Crippen LogP contribution in [0.15, 0.2) is 24.3 Å². The zero-order chi connectivity index (χ0) is 11.5. The van der Waals surface area contributed by atoms with E-state index in [1.807, 2.05) is 18.2 Å². The third-order valence-corrected chi connectivity index (χ3v) is 4.29. The van der Waals surface area contributed by atoms with Gasteiger partial charge in [-0.25, -0.2) is 0 Å². The van der Waals surface area contributed by atoms with Crippen molar-refractivity contribution in [2.45, 2.75) is 39.0 Å². The lowest BCUT2D eigenvalue weighted by Gasteiger charge is -2.16. The van der Waals surface area contributed by atoms with Crippen LogP contribution >= 0.6 is 0 Å². The first-order valence-corrected chi connectivity index (χ1v) is 9.20. The molecule has 0 saturated carbocycles. The molecule has 0 aliphatic rings. The number of ketones is 1. The number of carbonyl (C=O) groups is 1. The van der Waals surface area contributed by atoms with Gasteiger partial charge in [-0.1, -0.05) is 50.0 Å². The van der Waals surface area contributed by atoms with Gasteiger partial charge in [-0.2, -0.15) is 0 Å². The number of hydrogen-bond donors (Lipinski definition) is 0. The molecule has 0 amide bonds. The fourth-order valence-corrected chi connectivity index (χ4v) is 2.61. The highest BCUT2D eigenvalue weighted by molar-refractivity contribution is 6.76. The lowest BCUT2D eigenvalue weighted by atomic mass is 10.0. The van der Waals surface area contributed by atoms with Gasteiger partial charge in [0.25, 0.3) is 0 Å². The van der Waals surface area contributed by atoms with E-state index in [-0.39, 0.29) is 5.78 Å². The summed E-state index contributed by atoms with van der Waals surface area (Å²) in [5.41, 5.74) is 2.11. The van der Waals surface area contributed by atoms with E-state index in [2.05, 4.69) is 25.7 Å². The summed E-state index contributed by atoms with van der Waals surface area (Å²) >= 11 is 0. The maximum Gasteiger partial charge on any atom is 0.160 e. The molecule has 0 atom stereocenters. The highest BCUT2D eigenvalue weighted by Gasteiger charge is 2.14. The Balaban J connectivity index is 2.81. The molecule has 82 valence electrons. The van der Waals surface area contributed by atoms with Crippen molar-refractivity contribution < 1.29 is 4.79 Å². The van der Waals surface area contributed by atoms with Crippen LogP contribution in [0.3, 0.4) is 0 Å². The van der Waals surface area contributed by atoms with Gasteiger partial charge in [0.15, 0.2) is 5.78 Å². The average Bonchev–Trinajstić information content (AvgIpc) is 2.14. The molecule has 1 aromatic rings. The second-order valence-electron chi connectivity index (χ2n) is 5.27. The predicted octanol–water partition coefficient (Wildman–Crippen LogP) is 3.77. The summed E-state index contributed by atoms with van der Waals surface area (Å²) in [7, 11) is -1.01. The summed E-state index contributed by atoms with van der Waals surface area (Å²) in [6.45, 7) is 8.74. The number of carbonyl (C=O) groups excluding carboxylic acids is 1. The standard InChI is InChI=1S/C13H20OSi/c1-11(14)13-8-6-5-7-12(13)9-10-15(2,3)4/h5-8H,9-10H2,1-4H3. The van der Waals surface area contributed by atoms with E-state index >= 15 is 0 Å². The van der Waals surface area contributed by atoms with Crippen LogP contribution in [0.5, 0.6) is 0 Å². The van der Waals surface area contributed by atoms with Crippen LogP contribution in [0.25, 0.3) is 0 Å². The third-order valence-electron chi connectivity index (χ3n) is 2.54. The lowest BCUT2D eigenvalue weighted by Crippen LogP contribution is -2.20. The molecular weight excluding hydrogens is 200 g/mol. The monoisotopic (exact) mass is 220 g/mol. The van der Waals surface area contributed by atoms with Crippen molar-refractivity contribution in [3.63, 3.8) is 0 Å². The van der Waals surface area contributed by atoms with Gasteiger partial charge in [-0.3, -0.25) is 4.79 Å². The van der Waals surface area contributed by atoms with Crippen LogP contribution in [0.1, 0.15) is 22.8 Å². The molecule has 15 heavy (non-hydrogen) atoms. The van der Waals surface area contributed by atoms with Gasteiger partial charge in [0.2, 0.25) is 0 Å². The topological polar surface area (TPSA) is 17.1 Å². The Morgan fingerprint density at radius 3 is 2.33 bits per heavy atom. The number of Topliss-reactive ketones (excluding diaryl/α,β-unsaturated/α-hetero) is 1. The van der Waals surface area contributed by atoms with E-state index in [1.54, 1.807) is 6.92 Å². The first-order valence-electron chi connectivity index (χ1n) is 5.49. The molecule has 0 saturated heterocycles. The Morgan fingerprint density at radius 2 is 1.80 bits per heavy atom. The van der Waals surface area contributed by atoms with E-state index in [0.717, 1.165) is 12.0 Å². The normalized spacial score (nSPS) is 11.5. The molecule has 0 N–H and O–H groups in total. The average molecular weight is 220 g/mol. The van der Waals surface area contributed by atoms with Crippen molar-refractivity contribution in [1.29, 1.82) is 0 Å². The minimum Gasteiger partial charge on any atom is -0.295 e. The van der Waals surface area contributed by atoms with Gasteiger partial charge in [0.1, 0.15) is 0 Å². The largest absolute Gasteiger partial charge is 0.295 e. The Kier molecular flexibility index (Phi) is 3.86. The smallest absolute Gasteiger partial charge is 0.160 e. The molecule has 1 rings (SSSR count). The van der Waals surface area contributed by atoms with Gasteiger partial charge in [0.05, 0.1) is 0 Å². The minimum absolute atomic E-state index is 0.182. The molecule has 1 aromatic carbocycles. The van der Waals surface area contributed by atoms with E-state index in [0.29, 0.717) is 0 Å². The Labute approximate surface area is 93.5 Å². The van der Waals surface area contributed by atoms with Crippen LogP contribution in [0.2, 0.25) is 25.7 Å². The van der Waals surface area contributed by atoms with Crippen LogP contribution in [0.4, 0.5) is 0 Å². The number of benzene rings is 1. The van der Waals surface area contributed by atoms with E-state index in [9.17, 15) is 4.79 Å². The quantitative estimate of drug-likeness (QED) is 0.557. The van der Waals surface area contributed by atoms with E-state index < -0.39 is 8.07 Å². The van der Waals surface area contributed by atoms with Crippen molar-refractivity contribution >= 4 is 13.9 Å². The summed E-state index contributed by atoms with van der Waals surface area (Å²) < 4.78 is 0. The molecule has 0 bridgehead atoms. The molecule has 0 fully saturated rings. The van der Waals surface area contributed by atoms with Crippen molar-refractivity contribution in [3.8, 4) is 0 Å². The van der Waals surface area contributed by atoms with Gasteiger partial charge in [0, 0.05) is 13.6 Å². The molecule has 0 aromatic heterocycles. The van der Waals surface area contributed by atoms with E-state index in [4.69, 9.17) is 0 Å². The molecule has 0 radical (unpaired) electrons. The summed E-state index contributed by atoms with van der Waals surface area (Å²) in [5, 5.41) is 0. The molecule has 0 aliphatic carbocycles. The first kappa shape index (κ1) is 12.2. The summed E-state index contributed by atoms with van der Waals surface area (Å²) in [6, 6.07) is 9.22. The number of aryl methyl sites for hydroxylation is 1. The first-order chi connectivity index (χ1) is 6.90. The maximum atomic E-state index is 11.4. The van der Waals surface area contributed by atoms with Gasteiger partial charge >= 0.3 is 0 Å². The zero-order valence-electron chi connectivity index (χ0n) is 10.1. The third kappa shape index (κ3) is 4.00. The summed E-state index contributed by atoms with van der Waals surface area (Å²) in [5.74, 6) is 0.182. The Bertz CT molecular complexity index is 350. The van der Waals surface area contributed by atoms with Crippen LogP contribution in [0, 0.1) is 0 Å². The highest BCUT2D eigenvalue weighted by atomic mass is 28.3. The predicted molar refractivity (Wildman–Crippen MR) is 68.3 cm³/mol. The van der Waals surface area contributed by atoms with Crippen molar-refractivity contribution in [2.24, 2.45) is 0 Å². The number of rotatable bonds is 4. The molecule has 0 spiro atoms. The number of hydrogen-bond acceptors (Lipinski definition) is 1. The maximum absolute atomic E-state index is 11.4. The van der Waals surface area contributed by atoms with E-state index in [1.165, 1.54) is 11.6 Å². The molecule has 0 unspecified atom stereocenters. The molecule has 2 heteroatoms. The molecule has 0 heterocycles. The van der Waals surface area contributed by atoms with Gasteiger partial charge in [-0.15, -0.1) is 0 Å². The molecule has 0 aliphatic heterocycles. The van der Waals surface area contributed by atoms with Gasteiger partial charge in [-0.05, 0) is 18.9 Å². The highest BCUT2D eigenvalue weighted by Crippen LogP contribution is 2.17. The second kappa shape index (κ2) is 4.75. The van der Waals surface area contributed by atoms with Crippen LogP contribution in [-0.2, 0) is 6.42 Å². The second-order valence-corrected chi connectivity index (χ2v) is 10.9. The molecular formula is C13H20OSi. The Hall–Kier alpha value is -0.893. The SMILES string of the molecule is CC(=O)c1ccccc1CC[Si](C)(C)C. The van der Waals surface area contributed by atoms with Crippen LogP contribution in [-0.4, -0.2) is 13.9 Å². The van der Waals surface area contributed by atoms with Crippen molar-refractivity contribution in [2.75, 3.05) is 0 Å². The Morgan fingerprint density at radius 1 is 1.20 bits per heavy atom. The fraction of sp³-hybridized carbons (Fsp3) is 0.462. The van der Waals surface area contributed by atoms with Crippen LogP contribution < -0.4 is 0 Å². The zero-order valence-corrected chi connectivity index (χ0v) is 11.1. The molecule has 1 nitrogen and oxygen atoms in total. The lowest BCUT2D eigenvalue weighted by molar-refractivity contribution is 0.101.